The molecule has 0 bridgehead atoms. The molecule has 127 heavy (non-hydrogen) atoms. The fraction of sp³-hybridized carbons (Fsp3) is 0. The zero-order chi connectivity index (χ0) is 83.7. The topological polar surface area (TPSA) is 141 Å². The highest BCUT2D eigenvalue weighted by molar-refractivity contribution is 6.23. The number of hydrogen-bond donors (Lipinski definition) is 0. The van der Waals surface area contributed by atoms with Crippen molar-refractivity contribution in [2.24, 2.45) is 0 Å². The van der Waals surface area contributed by atoms with E-state index in [1.165, 1.54) is 0 Å². The first kappa shape index (κ1) is 72.4. The highest BCUT2D eigenvalue weighted by atomic mass is 16.3. The maximum absolute atomic E-state index is 9.79. The molecule has 5 heterocycles. The number of para-hydroxylation sites is 4. The number of nitrogens with zero attached hydrogens (tertiary/aromatic N) is 7. The van der Waals surface area contributed by atoms with E-state index in [9.17, 15) is 5.26 Å². The molecule has 0 N–H and O–H groups in total. The molecule has 588 valence electrons. The van der Waals surface area contributed by atoms with Crippen molar-refractivity contribution in [1.29, 1.82) is 5.26 Å². The van der Waals surface area contributed by atoms with E-state index in [1.807, 2.05) is 84.9 Å². The van der Waals surface area contributed by atoms with Crippen LogP contribution in [-0.2, 0) is 0 Å². The summed E-state index contributed by atoms with van der Waals surface area (Å²) in [5.74, 6) is 3.10. The van der Waals surface area contributed by atoms with Gasteiger partial charge in [-0.25, -0.2) is 29.9 Å². The van der Waals surface area contributed by atoms with E-state index in [-0.39, 0.29) is 0 Å². The highest BCUT2D eigenvalue weighted by Gasteiger charge is 2.27. The van der Waals surface area contributed by atoms with Gasteiger partial charge in [0.2, 0.25) is 0 Å². The van der Waals surface area contributed by atoms with Crippen molar-refractivity contribution in [3.05, 3.63) is 412 Å². The Morgan fingerprint density at radius 1 is 0.181 bits per heavy atom. The summed E-state index contributed by atoms with van der Waals surface area (Å²) in [7, 11) is 0. The first-order valence-corrected chi connectivity index (χ1v) is 42.6. The summed E-state index contributed by atoms with van der Waals surface area (Å²) in [6, 6.07) is 145. The Bertz CT molecular complexity index is 8900. The lowest BCUT2D eigenvalue weighted by Crippen LogP contribution is -2.03. The summed E-state index contributed by atoms with van der Waals surface area (Å²) in [6.45, 7) is 0. The SMILES string of the molecule is N#Cc1ccc(-c2ccc(-c3cc(-c4ccc5oc6ccccc6c5c4)cc(-c4nc(-c5ccccc5)nc(-c5c(-c6ccccc6)c6cc(-c7ccc(-c8nc(-c9ccc%10c(c9)cc(-c9cccc%11c9oc9ccccc9%11)c9ccccc9%10)nc(-c9cc(-c%10ccccc%10)cc%10oc%11ccccc%11c9%10)n8)cc7)ccc6c6ccccc56)n4)c3)c3ccccc23)cc1. The van der Waals surface area contributed by atoms with Crippen LogP contribution in [0.25, 0.3) is 266 Å². The van der Waals surface area contributed by atoms with E-state index < -0.39 is 0 Å². The van der Waals surface area contributed by atoms with Crippen molar-refractivity contribution in [1.82, 2.24) is 29.9 Å². The monoisotopic (exact) mass is 1620 g/mol. The van der Waals surface area contributed by atoms with Gasteiger partial charge in [0.25, 0.3) is 0 Å². The lowest BCUT2D eigenvalue weighted by molar-refractivity contribution is 0.668. The molecule has 0 unspecified atom stereocenters. The standard InChI is InChI=1S/C117H67N7O3/c118-68-69-43-45-72(46-44-69)84-56-57-86(88-30-11-10-29-87(84)88)81-60-79(77-53-58-106-100(63-77)94-35-17-19-40-103(94)125-106)61-83(62-81)115-120-112(74-27-8-3-9-28-74)123-117(124-115)110-95-36-15-14-32-90(95)92-55-51-76(64-101(92)108(110)73-25-6-2-7-26-73)71-47-49-75(50-48-71)113-119-114(122-116(121-113)102-65-80(70-23-4-1-5-24-70)67-107-109(102)98-37-18-21-42-105(98)126-107)78-52-54-85-82(59-78)66-99(91-33-13-12-31-89(85)91)97-39-22-38-96-93-34-16-20-41-104(93)127-111(96)97/h1-67H. The van der Waals surface area contributed by atoms with Gasteiger partial charge in [-0.1, -0.05) is 315 Å². The lowest BCUT2D eigenvalue weighted by atomic mass is 9.86. The molecule has 0 aliphatic heterocycles. The minimum absolute atomic E-state index is 0.507. The van der Waals surface area contributed by atoms with Gasteiger partial charge in [-0.15, -0.1) is 0 Å². The summed E-state index contributed by atoms with van der Waals surface area (Å²) in [5, 5.41) is 26.6. The Labute approximate surface area is 727 Å². The Kier molecular flexibility index (Phi) is 16.8. The predicted molar refractivity (Wildman–Crippen MR) is 518 cm³/mol. The normalized spacial score (nSPS) is 11.8. The average molecular weight is 1620 g/mol. The van der Waals surface area contributed by atoms with E-state index in [4.69, 9.17) is 43.2 Å². The third-order valence-electron chi connectivity index (χ3n) is 25.2. The smallest absolute Gasteiger partial charge is 0.165 e. The van der Waals surface area contributed by atoms with Crippen molar-refractivity contribution in [3.8, 4) is 152 Å². The van der Waals surface area contributed by atoms with Gasteiger partial charge in [-0.05, 0) is 212 Å². The van der Waals surface area contributed by atoms with E-state index in [2.05, 4.69) is 328 Å². The van der Waals surface area contributed by atoms with Crippen LogP contribution in [0.2, 0.25) is 0 Å². The number of aromatic nitrogens is 6. The van der Waals surface area contributed by atoms with E-state index in [1.54, 1.807) is 0 Å². The van der Waals surface area contributed by atoms with Gasteiger partial charge in [-0.2, -0.15) is 5.26 Å². The van der Waals surface area contributed by atoms with Crippen LogP contribution < -0.4 is 0 Å². The van der Waals surface area contributed by atoms with Crippen molar-refractivity contribution >= 4 is 120 Å². The van der Waals surface area contributed by atoms with Gasteiger partial charge in [0, 0.05) is 76.8 Å². The molecule has 0 fully saturated rings. The van der Waals surface area contributed by atoms with Crippen LogP contribution in [0.5, 0.6) is 0 Å². The zero-order valence-corrected chi connectivity index (χ0v) is 68.0. The van der Waals surface area contributed by atoms with E-state index >= 15 is 0 Å². The molecule has 10 heteroatoms. The Morgan fingerprint density at radius 2 is 0.614 bits per heavy atom. The van der Waals surface area contributed by atoms with Crippen LogP contribution in [0.4, 0.5) is 0 Å². The van der Waals surface area contributed by atoms with Gasteiger partial charge >= 0.3 is 0 Å². The van der Waals surface area contributed by atoms with Crippen LogP contribution in [0, 0.1) is 11.3 Å². The van der Waals surface area contributed by atoms with Crippen LogP contribution in [0.3, 0.4) is 0 Å². The zero-order valence-electron chi connectivity index (χ0n) is 68.0. The van der Waals surface area contributed by atoms with Crippen LogP contribution >= 0.6 is 0 Å². The molecular formula is C117H67N7O3. The first-order chi connectivity index (χ1) is 62.8. The molecule has 0 saturated heterocycles. The minimum Gasteiger partial charge on any atom is -0.456 e. The fourth-order valence-corrected chi connectivity index (χ4v) is 19.2. The van der Waals surface area contributed by atoms with Crippen LogP contribution in [0.1, 0.15) is 5.56 Å². The second-order valence-electron chi connectivity index (χ2n) is 32.5. The molecule has 25 aromatic rings. The summed E-state index contributed by atoms with van der Waals surface area (Å²) >= 11 is 0. The first-order valence-electron chi connectivity index (χ1n) is 42.6. The Morgan fingerprint density at radius 3 is 1.31 bits per heavy atom. The second-order valence-corrected chi connectivity index (χ2v) is 32.5. The van der Waals surface area contributed by atoms with Gasteiger partial charge in [-0.3, -0.25) is 0 Å². The average Bonchev–Trinajstić information content (AvgIpc) is 1.65. The molecule has 0 aliphatic carbocycles. The molecule has 0 saturated carbocycles. The maximum Gasteiger partial charge on any atom is 0.165 e. The molecule has 0 amide bonds. The lowest BCUT2D eigenvalue weighted by Gasteiger charge is -2.19. The van der Waals surface area contributed by atoms with Gasteiger partial charge < -0.3 is 13.3 Å². The predicted octanol–water partition coefficient (Wildman–Crippen LogP) is 31.1. The number of nitriles is 1. The molecule has 20 aromatic carbocycles. The molecule has 0 radical (unpaired) electrons. The van der Waals surface area contributed by atoms with Crippen LogP contribution in [0.15, 0.2) is 420 Å². The highest BCUT2D eigenvalue weighted by Crippen LogP contribution is 2.50. The quantitative estimate of drug-likeness (QED) is 0.102. The summed E-state index contributed by atoms with van der Waals surface area (Å²) < 4.78 is 19.9. The molecule has 0 spiro atoms. The van der Waals surface area contributed by atoms with Crippen molar-refractivity contribution in [2.45, 2.75) is 0 Å². The Balaban J connectivity index is 0.662. The number of furan rings is 3. The van der Waals surface area contributed by atoms with Crippen LogP contribution in [-0.4, -0.2) is 29.9 Å². The number of rotatable bonds is 13. The maximum atomic E-state index is 9.79. The van der Waals surface area contributed by atoms with Crippen molar-refractivity contribution < 1.29 is 13.3 Å². The summed E-state index contributed by atoms with van der Waals surface area (Å²) in [4.78, 5) is 33.7. The van der Waals surface area contributed by atoms with E-state index in [0.717, 1.165) is 231 Å². The largest absolute Gasteiger partial charge is 0.456 e. The van der Waals surface area contributed by atoms with Crippen molar-refractivity contribution in [3.63, 3.8) is 0 Å². The van der Waals surface area contributed by atoms with Gasteiger partial charge in [0.1, 0.15) is 33.5 Å². The molecule has 10 nitrogen and oxygen atoms in total. The summed E-state index contributed by atoms with van der Waals surface area (Å²) in [5.41, 5.74) is 24.6. The fourth-order valence-electron chi connectivity index (χ4n) is 19.2. The number of fused-ring (bicyclic) bond motifs is 16. The Hall–Kier alpha value is -17.4. The molecule has 0 atom stereocenters. The third-order valence-corrected chi connectivity index (χ3v) is 25.2. The third kappa shape index (κ3) is 12.3. The molecule has 5 aromatic heterocycles. The van der Waals surface area contributed by atoms with Gasteiger partial charge in [0.05, 0.1) is 11.6 Å². The number of benzene rings is 20. The second kappa shape index (κ2) is 29.5. The minimum atomic E-state index is 0.507. The van der Waals surface area contributed by atoms with Crippen molar-refractivity contribution in [2.75, 3.05) is 0 Å². The molecule has 25 rings (SSSR count). The molecule has 0 aliphatic rings. The van der Waals surface area contributed by atoms with E-state index in [0.29, 0.717) is 40.5 Å². The number of hydrogen-bond acceptors (Lipinski definition) is 10. The summed E-state index contributed by atoms with van der Waals surface area (Å²) in [6.07, 6.45) is 0. The van der Waals surface area contributed by atoms with Gasteiger partial charge in [0.15, 0.2) is 34.9 Å². The molecular weight excluding hydrogens is 1550 g/mol.